The maximum absolute atomic E-state index is 12.7. The zero-order valence-corrected chi connectivity index (χ0v) is 41.0. The second-order valence-electron chi connectivity index (χ2n) is 18.5. The van der Waals surface area contributed by atoms with Gasteiger partial charge in [0.25, 0.3) is 0 Å². The van der Waals surface area contributed by atoms with Crippen LogP contribution in [0.2, 0.25) is 0 Å². The molecule has 22 heteroatoms. The number of urea groups is 1. The number of fused-ring (bicyclic) bond motifs is 2. The number of carbonyl (C=O) groups excluding carboxylic acids is 2. The second-order valence-corrected chi connectivity index (χ2v) is 18.5. The van der Waals surface area contributed by atoms with Crippen molar-refractivity contribution in [3.63, 3.8) is 0 Å². The normalized spacial score (nSPS) is 42.4. The van der Waals surface area contributed by atoms with Crippen molar-refractivity contribution in [2.45, 2.75) is 183 Å². The monoisotopic (exact) mass is 1010 g/mol. The van der Waals surface area contributed by atoms with Crippen LogP contribution in [0, 0.1) is 17.2 Å². The van der Waals surface area contributed by atoms with Crippen molar-refractivity contribution in [2.75, 3.05) is 7.11 Å². The topological polar surface area (TPSA) is 369 Å². The quantitative estimate of drug-likeness (QED) is 0.0732. The Morgan fingerprint density at radius 1 is 0.690 bits per heavy atom. The molecule has 0 radical (unpaired) electrons. The number of nitrogens with two attached hydrogens (primary N) is 1. The molecule has 19 atom stereocenters. The number of aliphatic hydroxyl groups is 10. The Bertz CT molecular complexity index is 1850. The summed E-state index contributed by atoms with van der Waals surface area (Å²) in [5.41, 5.74) is 7.62. The Labute approximate surface area is 415 Å². The molecule has 0 spiro atoms. The first-order valence-corrected chi connectivity index (χ1v) is 24.0. The molecule has 22 nitrogen and oxygen atoms in total. The van der Waals surface area contributed by atoms with Crippen LogP contribution in [0.5, 0.6) is 0 Å². The number of hydroxylamine groups is 1. The number of nitrogens with one attached hydrogen (secondary N) is 4. The first kappa shape index (κ1) is 60.9. The standard InChI is InChI=1S/C49H79N5O17/c1-28-18-16-14-12-10-8-6-7-9-11-13-15-17-19-35(70-46-45(64)42(52-47(50)51)44(63)31(4)69-46)25-39-41(53-48(65)54-67-5)38(60)27-49(66,71-39)26-34(57)23-37(59)36(58)21-20-32(55)22-33(56)24-40(61)68-30(3)29(2)43(28)62/h6-19,28-39,41-46,55-60,62-64,66H,20-27H2,1-5H3,(H4,50,51,52)(H2,53,54,65)/b7-6+,10-8+,11-9+,14-12+,15-13+,18-16+,19-17+/t28-,29-,30-,31+,32+,33+,34-,35-,36+,37+,38-,39-,41+,42-,43+,44+,45-,46-,49+/m0/s1. The third kappa shape index (κ3) is 21.3. The van der Waals surface area contributed by atoms with Crippen LogP contribution in [-0.2, 0) is 28.6 Å². The summed E-state index contributed by atoms with van der Waals surface area (Å²) in [6.07, 6.45) is 3.65. The van der Waals surface area contributed by atoms with E-state index in [0.717, 1.165) is 0 Å². The molecule has 2 saturated heterocycles. The van der Waals surface area contributed by atoms with E-state index in [1.165, 1.54) is 14.0 Å². The Morgan fingerprint density at radius 3 is 1.87 bits per heavy atom. The largest absolute Gasteiger partial charge is 0.462 e. The van der Waals surface area contributed by atoms with Crippen LogP contribution in [0.15, 0.2) is 85.1 Å². The van der Waals surface area contributed by atoms with E-state index in [1.807, 2.05) is 25.2 Å². The van der Waals surface area contributed by atoms with Crippen molar-refractivity contribution in [1.29, 1.82) is 5.41 Å². The maximum atomic E-state index is 12.7. The highest BCUT2D eigenvalue weighted by Crippen LogP contribution is 2.35. The molecule has 0 aromatic carbocycles. The van der Waals surface area contributed by atoms with Gasteiger partial charge in [-0.25, -0.2) is 10.3 Å². The first-order valence-electron chi connectivity index (χ1n) is 24.0. The Hall–Kier alpha value is -4.37. The van der Waals surface area contributed by atoms with Gasteiger partial charge >= 0.3 is 12.0 Å². The third-order valence-corrected chi connectivity index (χ3v) is 12.5. The van der Waals surface area contributed by atoms with E-state index in [9.17, 15) is 60.7 Å². The first-order chi connectivity index (χ1) is 33.5. The minimum absolute atomic E-state index is 0.111. The van der Waals surface area contributed by atoms with Crippen molar-refractivity contribution in [3.05, 3.63) is 85.1 Å². The number of ether oxygens (including phenoxy) is 4. The fraction of sp³-hybridized carbons (Fsp3) is 0.653. The molecule has 0 aliphatic carbocycles. The Balaban J connectivity index is 1.94. The van der Waals surface area contributed by atoms with E-state index in [1.54, 1.807) is 80.7 Å². The highest BCUT2D eigenvalue weighted by atomic mass is 16.7. The number of rotatable bonds is 5. The van der Waals surface area contributed by atoms with Gasteiger partial charge in [0.2, 0.25) is 0 Å². The zero-order chi connectivity index (χ0) is 52.8. The number of guanidine groups is 1. The number of aliphatic hydroxyl groups excluding tert-OH is 9. The molecule has 71 heavy (non-hydrogen) atoms. The van der Waals surface area contributed by atoms with Crippen LogP contribution < -0.4 is 21.8 Å². The highest BCUT2D eigenvalue weighted by molar-refractivity contribution is 5.74. The van der Waals surface area contributed by atoms with Gasteiger partial charge < -0.3 is 86.4 Å². The lowest BCUT2D eigenvalue weighted by molar-refractivity contribution is -0.303. The van der Waals surface area contributed by atoms with Crippen molar-refractivity contribution in [2.24, 2.45) is 17.6 Å². The number of allylic oxidation sites excluding steroid dienone is 12. The summed E-state index contributed by atoms with van der Waals surface area (Å²) in [4.78, 5) is 30.1. The highest BCUT2D eigenvalue weighted by Gasteiger charge is 2.49. The number of esters is 1. The van der Waals surface area contributed by atoms with Gasteiger partial charge in [-0.1, -0.05) is 98.9 Å². The summed E-state index contributed by atoms with van der Waals surface area (Å²) < 4.78 is 23.7. The average Bonchev–Trinajstić information content (AvgIpc) is 3.28. The number of cyclic esters (lactones) is 1. The number of amides is 2. The zero-order valence-electron chi connectivity index (χ0n) is 41.0. The second kappa shape index (κ2) is 30.6. The van der Waals surface area contributed by atoms with Crippen LogP contribution in [-0.4, -0.2) is 180 Å². The van der Waals surface area contributed by atoms with Gasteiger partial charge in [-0.05, 0) is 33.1 Å². The molecule has 2 fully saturated rings. The summed E-state index contributed by atoms with van der Waals surface area (Å²) in [6, 6.07) is -3.32. The molecule has 0 saturated carbocycles. The van der Waals surface area contributed by atoms with E-state index in [2.05, 4.69) is 16.1 Å². The smallest absolute Gasteiger partial charge is 0.339 e. The fourth-order valence-corrected chi connectivity index (χ4v) is 8.43. The molecule has 0 aromatic heterocycles. The summed E-state index contributed by atoms with van der Waals surface area (Å²) in [6.45, 7) is 6.73. The minimum atomic E-state index is -2.30. The summed E-state index contributed by atoms with van der Waals surface area (Å²) in [5, 5.41) is 123. The molecule has 3 heterocycles. The maximum Gasteiger partial charge on any atom is 0.339 e. The number of hydrogen-bond donors (Lipinski definition) is 15. The molecule has 3 aliphatic heterocycles. The predicted octanol–water partition coefficient (Wildman–Crippen LogP) is -0.236. The van der Waals surface area contributed by atoms with Crippen LogP contribution in [0.3, 0.4) is 0 Å². The lowest BCUT2D eigenvalue weighted by Crippen LogP contribution is -2.65. The van der Waals surface area contributed by atoms with Gasteiger partial charge in [-0.2, -0.15) is 0 Å². The van der Waals surface area contributed by atoms with E-state index in [4.69, 9.17) is 34.9 Å². The molecule has 3 aliphatic rings. The molecular weight excluding hydrogens is 931 g/mol. The average molecular weight is 1010 g/mol. The number of hydrogen-bond acceptors (Lipinski definition) is 18. The van der Waals surface area contributed by atoms with Crippen molar-refractivity contribution < 1.29 is 84.4 Å². The van der Waals surface area contributed by atoms with Crippen LogP contribution >= 0.6 is 0 Å². The van der Waals surface area contributed by atoms with E-state index in [0.29, 0.717) is 0 Å². The Kier molecular flexibility index (Phi) is 26.3. The molecule has 16 N–H and O–H groups in total. The van der Waals surface area contributed by atoms with Gasteiger partial charge in [0.15, 0.2) is 18.0 Å². The van der Waals surface area contributed by atoms with Crippen LogP contribution in [0.4, 0.5) is 4.79 Å². The van der Waals surface area contributed by atoms with Crippen LogP contribution in [0.1, 0.15) is 79.1 Å². The SMILES string of the molecule is CONC(=O)N[C@H]1[C@@H]2C[C@@H](O[C@@H]3O[C@H](C)[C@@H](O)[C@H](NC(=N)N)[C@@H]3O)/C=C/C=C/C=C/C=C/C=C/C=C/C=C/[C@H](C)[C@@H](O)[C@@H](C)[C@H](C)OC(=O)C[C@H](O)C[C@H](O)CC[C@@H](O)[C@H](O)C[C@H](O)C[C@](O)(C[C@@H]1O)O2. The lowest BCUT2D eigenvalue weighted by Gasteiger charge is -2.46. The van der Waals surface area contributed by atoms with Gasteiger partial charge in [0.1, 0.15) is 18.3 Å². The van der Waals surface area contributed by atoms with Gasteiger partial charge in [0.05, 0.1) is 86.7 Å². The summed E-state index contributed by atoms with van der Waals surface area (Å²) in [5.74, 6) is -4.31. The van der Waals surface area contributed by atoms with Crippen molar-refractivity contribution in [3.8, 4) is 0 Å². The van der Waals surface area contributed by atoms with Gasteiger partial charge in [0, 0.05) is 37.5 Å². The van der Waals surface area contributed by atoms with Crippen molar-refractivity contribution >= 4 is 18.0 Å². The summed E-state index contributed by atoms with van der Waals surface area (Å²) >= 11 is 0. The van der Waals surface area contributed by atoms with Gasteiger partial charge in [-0.15, -0.1) is 0 Å². The molecule has 402 valence electrons. The summed E-state index contributed by atoms with van der Waals surface area (Å²) in [7, 11) is 1.19. The molecule has 3 rings (SSSR count). The molecule has 0 unspecified atom stereocenters. The third-order valence-electron chi connectivity index (χ3n) is 12.5. The fourth-order valence-electron chi connectivity index (χ4n) is 8.43. The van der Waals surface area contributed by atoms with Crippen molar-refractivity contribution in [1.82, 2.24) is 16.1 Å². The van der Waals surface area contributed by atoms with E-state index in [-0.39, 0.29) is 31.6 Å². The molecule has 0 aromatic rings. The molecule has 2 amide bonds. The molecule has 2 bridgehead atoms. The minimum Gasteiger partial charge on any atom is -0.462 e. The van der Waals surface area contributed by atoms with Gasteiger partial charge in [-0.3, -0.25) is 15.0 Å². The number of carbonyl (C=O) groups is 2. The predicted molar refractivity (Wildman–Crippen MR) is 259 cm³/mol. The van der Waals surface area contributed by atoms with Crippen LogP contribution in [0.25, 0.3) is 0 Å². The van der Waals surface area contributed by atoms with E-state index >= 15 is 0 Å². The Morgan fingerprint density at radius 2 is 1.28 bits per heavy atom. The van der Waals surface area contributed by atoms with E-state index < -0.39 is 153 Å². The lowest BCUT2D eigenvalue weighted by atomic mass is 9.87. The molecular formula is C49H79N5O17.